The Morgan fingerprint density at radius 1 is 1.18 bits per heavy atom. The van der Waals surface area contributed by atoms with Gasteiger partial charge in [-0.1, -0.05) is 29.0 Å². The SMILES string of the molecule is Cc1ccc(-n2nnc(C(=O)N3CCNCC3c3cccnc3)c2C)cc1.Cl. The summed E-state index contributed by atoms with van der Waals surface area (Å²) in [5.74, 6) is -0.0961. The van der Waals surface area contributed by atoms with E-state index in [4.69, 9.17) is 0 Å². The van der Waals surface area contributed by atoms with E-state index in [1.54, 1.807) is 10.9 Å². The van der Waals surface area contributed by atoms with E-state index in [0.717, 1.165) is 23.5 Å². The van der Waals surface area contributed by atoms with Crippen LogP contribution >= 0.6 is 12.4 Å². The molecule has 1 aliphatic heterocycles. The molecule has 0 aliphatic carbocycles. The van der Waals surface area contributed by atoms with Crippen molar-refractivity contribution in [1.29, 1.82) is 0 Å². The van der Waals surface area contributed by atoms with Gasteiger partial charge < -0.3 is 10.2 Å². The van der Waals surface area contributed by atoms with Gasteiger partial charge in [0, 0.05) is 32.0 Å². The van der Waals surface area contributed by atoms with E-state index in [-0.39, 0.29) is 24.4 Å². The summed E-state index contributed by atoms with van der Waals surface area (Å²) < 4.78 is 1.72. The molecule has 3 heterocycles. The highest BCUT2D eigenvalue weighted by Gasteiger charge is 2.31. The average molecular weight is 399 g/mol. The molecule has 4 rings (SSSR count). The highest BCUT2D eigenvalue weighted by Crippen LogP contribution is 2.24. The van der Waals surface area contributed by atoms with Crippen LogP contribution in [0.25, 0.3) is 5.69 Å². The Morgan fingerprint density at radius 2 is 1.96 bits per heavy atom. The topological polar surface area (TPSA) is 75.9 Å². The summed E-state index contributed by atoms with van der Waals surface area (Å²) in [5, 5.41) is 11.8. The van der Waals surface area contributed by atoms with Crippen LogP contribution in [0, 0.1) is 13.8 Å². The third-order valence-electron chi connectivity index (χ3n) is 4.95. The van der Waals surface area contributed by atoms with E-state index in [2.05, 4.69) is 20.6 Å². The van der Waals surface area contributed by atoms with E-state index in [9.17, 15) is 4.79 Å². The lowest BCUT2D eigenvalue weighted by Gasteiger charge is -2.36. The molecule has 1 unspecified atom stereocenters. The number of halogens is 1. The number of carbonyl (C=O) groups excluding carboxylic acids is 1. The van der Waals surface area contributed by atoms with Gasteiger partial charge in [0.1, 0.15) is 0 Å². The number of nitrogens with zero attached hydrogens (tertiary/aromatic N) is 5. The first-order chi connectivity index (χ1) is 13.1. The molecule has 1 saturated heterocycles. The number of pyridine rings is 1. The second-order valence-corrected chi connectivity index (χ2v) is 6.78. The molecule has 0 radical (unpaired) electrons. The number of nitrogens with one attached hydrogen (secondary N) is 1. The van der Waals surface area contributed by atoms with Gasteiger partial charge in [-0.25, -0.2) is 4.68 Å². The van der Waals surface area contributed by atoms with E-state index in [1.165, 1.54) is 5.56 Å². The van der Waals surface area contributed by atoms with Crippen LogP contribution in [0.1, 0.15) is 33.4 Å². The van der Waals surface area contributed by atoms with E-state index >= 15 is 0 Å². The molecule has 28 heavy (non-hydrogen) atoms. The highest BCUT2D eigenvalue weighted by molar-refractivity contribution is 5.93. The van der Waals surface area contributed by atoms with Crippen molar-refractivity contribution in [3.8, 4) is 5.69 Å². The van der Waals surface area contributed by atoms with Gasteiger partial charge in [0.2, 0.25) is 0 Å². The van der Waals surface area contributed by atoms with Crippen molar-refractivity contribution in [1.82, 2.24) is 30.2 Å². The Bertz CT molecular complexity index is 941. The van der Waals surface area contributed by atoms with Gasteiger partial charge in [0.15, 0.2) is 5.69 Å². The molecule has 146 valence electrons. The number of benzene rings is 1. The van der Waals surface area contributed by atoms with Crippen LogP contribution in [0.4, 0.5) is 0 Å². The summed E-state index contributed by atoms with van der Waals surface area (Å²) in [6.07, 6.45) is 3.55. The maximum absolute atomic E-state index is 13.3. The number of rotatable bonds is 3. The summed E-state index contributed by atoms with van der Waals surface area (Å²) in [6.45, 7) is 6.00. The Balaban J connectivity index is 0.00000225. The fourth-order valence-corrected chi connectivity index (χ4v) is 3.41. The van der Waals surface area contributed by atoms with Crippen molar-refractivity contribution in [3.63, 3.8) is 0 Å². The zero-order valence-corrected chi connectivity index (χ0v) is 16.7. The van der Waals surface area contributed by atoms with Crippen molar-refractivity contribution < 1.29 is 4.79 Å². The summed E-state index contributed by atoms with van der Waals surface area (Å²) >= 11 is 0. The Labute approximate surface area is 170 Å². The van der Waals surface area contributed by atoms with Gasteiger partial charge in [-0.2, -0.15) is 0 Å². The summed E-state index contributed by atoms with van der Waals surface area (Å²) in [7, 11) is 0. The Hall–Kier alpha value is -2.77. The standard InChI is InChI=1S/C20H22N6O.ClH/c1-14-5-7-17(8-6-14)26-15(2)19(23-24-26)20(27)25-11-10-22-13-18(25)16-4-3-9-21-12-16;/h3-9,12,18,22H,10-11,13H2,1-2H3;1H. The molecule has 3 aromatic rings. The molecular formula is C20H23ClN6O. The van der Waals surface area contributed by atoms with Crippen LogP contribution in [0.15, 0.2) is 48.8 Å². The molecule has 1 atom stereocenters. The largest absolute Gasteiger partial charge is 0.328 e. The first-order valence-corrected chi connectivity index (χ1v) is 9.06. The summed E-state index contributed by atoms with van der Waals surface area (Å²) in [5.41, 5.74) is 4.22. The van der Waals surface area contributed by atoms with Gasteiger partial charge in [-0.05, 0) is 37.6 Å². The minimum absolute atomic E-state index is 0. The maximum Gasteiger partial charge on any atom is 0.276 e. The second-order valence-electron chi connectivity index (χ2n) is 6.78. The molecule has 0 spiro atoms. The second kappa shape index (κ2) is 8.50. The maximum atomic E-state index is 13.3. The molecule has 1 N–H and O–H groups in total. The third kappa shape index (κ3) is 3.76. The predicted molar refractivity (Wildman–Crippen MR) is 109 cm³/mol. The number of aromatic nitrogens is 4. The smallest absolute Gasteiger partial charge is 0.276 e. The van der Waals surface area contributed by atoms with Crippen molar-refractivity contribution in [2.24, 2.45) is 0 Å². The monoisotopic (exact) mass is 398 g/mol. The van der Waals surface area contributed by atoms with Crippen molar-refractivity contribution in [2.45, 2.75) is 19.9 Å². The minimum atomic E-state index is -0.0961. The highest BCUT2D eigenvalue weighted by atomic mass is 35.5. The molecule has 8 heteroatoms. The van der Waals surface area contributed by atoms with Crippen molar-refractivity contribution >= 4 is 18.3 Å². The fourth-order valence-electron chi connectivity index (χ4n) is 3.41. The first-order valence-electron chi connectivity index (χ1n) is 9.06. The van der Waals surface area contributed by atoms with Crippen LogP contribution < -0.4 is 5.32 Å². The number of aryl methyl sites for hydroxylation is 1. The van der Waals surface area contributed by atoms with Gasteiger partial charge in [0.05, 0.1) is 17.4 Å². The number of hydrogen-bond acceptors (Lipinski definition) is 5. The summed E-state index contributed by atoms with van der Waals surface area (Å²) in [6, 6.07) is 11.8. The molecule has 1 amide bonds. The van der Waals surface area contributed by atoms with Crippen LogP contribution in [-0.2, 0) is 0 Å². The molecule has 2 aromatic heterocycles. The zero-order chi connectivity index (χ0) is 18.8. The van der Waals surface area contributed by atoms with Crippen molar-refractivity contribution in [2.75, 3.05) is 19.6 Å². The van der Waals surface area contributed by atoms with Gasteiger partial charge in [-0.3, -0.25) is 9.78 Å². The Morgan fingerprint density at radius 3 is 2.68 bits per heavy atom. The van der Waals surface area contributed by atoms with E-state index in [0.29, 0.717) is 18.8 Å². The molecule has 1 fully saturated rings. The van der Waals surface area contributed by atoms with E-state index in [1.807, 2.05) is 61.3 Å². The molecule has 0 bridgehead atoms. The first kappa shape index (κ1) is 20.0. The lowest BCUT2D eigenvalue weighted by Crippen LogP contribution is -2.49. The quantitative estimate of drug-likeness (QED) is 0.733. The number of piperazine rings is 1. The lowest BCUT2D eigenvalue weighted by atomic mass is 10.0. The van der Waals surface area contributed by atoms with Crippen LogP contribution in [0.5, 0.6) is 0 Å². The van der Waals surface area contributed by atoms with Crippen LogP contribution in [-0.4, -0.2) is 50.4 Å². The zero-order valence-electron chi connectivity index (χ0n) is 15.9. The molecule has 1 aliphatic rings. The molecule has 0 saturated carbocycles. The van der Waals surface area contributed by atoms with E-state index < -0.39 is 0 Å². The van der Waals surface area contributed by atoms with Gasteiger partial charge in [-0.15, -0.1) is 17.5 Å². The summed E-state index contributed by atoms with van der Waals surface area (Å²) in [4.78, 5) is 19.3. The number of carbonyl (C=O) groups is 1. The Kier molecular flexibility index (Phi) is 6.06. The average Bonchev–Trinajstić information content (AvgIpc) is 3.10. The third-order valence-corrected chi connectivity index (χ3v) is 4.95. The van der Waals surface area contributed by atoms with Gasteiger partial charge >= 0.3 is 0 Å². The minimum Gasteiger partial charge on any atom is -0.328 e. The number of hydrogen-bond donors (Lipinski definition) is 1. The lowest BCUT2D eigenvalue weighted by molar-refractivity contribution is 0.0627. The number of amides is 1. The molecule has 1 aromatic carbocycles. The molecular weight excluding hydrogens is 376 g/mol. The van der Waals surface area contributed by atoms with Crippen LogP contribution in [0.2, 0.25) is 0 Å². The van der Waals surface area contributed by atoms with Crippen LogP contribution in [0.3, 0.4) is 0 Å². The van der Waals surface area contributed by atoms with Gasteiger partial charge in [0.25, 0.3) is 5.91 Å². The van der Waals surface area contributed by atoms with Crippen molar-refractivity contribution in [3.05, 3.63) is 71.3 Å². The normalized spacial score (nSPS) is 16.5. The fraction of sp³-hybridized carbons (Fsp3) is 0.300. The predicted octanol–water partition coefficient (Wildman–Crippen LogP) is 2.49. The molecule has 7 nitrogen and oxygen atoms in total.